The number of imidazole rings is 1. The molecule has 0 aliphatic heterocycles. The van der Waals surface area contributed by atoms with Crippen molar-refractivity contribution in [3.63, 3.8) is 0 Å². The van der Waals surface area contributed by atoms with E-state index in [0.717, 1.165) is 0 Å². The summed E-state index contributed by atoms with van der Waals surface area (Å²) in [7, 11) is -2.23. The van der Waals surface area contributed by atoms with Crippen LogP contribution in [0.25, 0.3) is 11.6 Å². The zero-order chi connectivity index (χ0) is 18.6. The lowest BCUT2D eigenvalue weighted by Gasteiger charge is -2.10. The van der Waals surface area contributed by atoms with Crippen LogP contribution in [0.4, 0.5) is 0 Å². The molecule has 26 heavy (non-hydrogen) atoms. The van der Waals surface area contributed by atoms with Gasteiger partial charge in [0.1, 0.15) is 5.75 Å². The molecule has 3 rings (SSSR count). The molecular formula is C16H16ClN5O3S. The van der Waals surface area contributed by atoms with Gasteiger partial charge in [0, 0.05) is 37.9 Å². The topological polar surface area (TPSA) is 99.0 Å². The molecule has 0 spiro atoms. The third kappa shape index (κ3) is 4.01. The Labute approximate surface area is 155 Å². The smallest absolute Gasteiger partial charge is 0.240 e. The van der Waals surface area contributed by atoms with E-state index in [1.165, 1.54) is 25.3 Å². The monoisotopic (exact) mass is 393 g/mol. The Kier molecular flexibility index (Phi) is 5.50. The molecule has 1 N–H and O–H groups in total. The third-order valence-corrected chi connectivity index (χ3v) is 5.31. The number of aromatic nitrogens is 4. The highest BCUT2D eigenvalue weighted by Gasteiger charge is 2.16. The molecule has 0 amide bonds. The van der Waals surface area contributed by atoms with E-state index in [4.69, 9.17) is 16.3 Å². The summed E-state index contributed by atoms with van der Waals surface area (Å²) < 4.78 is 34.2. The van der Waals surface area contributed by atoms with Gasteiger partial charge < -0.3 is 9.30 Å². The highest BCUT2D eigenvalue weighted by Crippen LogP contribution is 2.26. The van der Waals surface area contributed by atoms with Crippen LogP contribution in [-0.2, 0) is 16.6 Å². The van der Waals surface area contributed by atoms with Crippen molar-refractivity contribution in [1.29, 1.82) is 0 Å². The second kappa shape index (κ2) is 7.81. The molecule has 0 radical (unpaired) electrons. The second-order valence-corrected chi connectivity index (χ2v) is 7.38. The number of methoxy groups -OCH3 is 1. The normalized spacial score (nSPS) is 11.5. The molecule has 0 aliphatic carbocycles. The maximum atomic E-state index is 12.4. The van der Waals surface area contributed by atoms with E-state index in [1.54, 1.807) is 35.4 Å². The van der Waals surface area contributed by atoms with Crippen LogP contribution in [0.2, 0.25) is 5.02 Å². The summed E-state index contributed by atoms with van der Waals surface area (Å²) in [5, 5.41) is 0.230. The van der Waals surface area contributed by atoms with Crippen molar-refractivity contribution in [2.45, 2.75) is 11.4 Å². The van der Waals surface area contributed by atoms with Crippen molar-refractivity contribution in [2.24, 2.45) is 0 Å². The van der Waals surface area contributed by atoms with Crippen LogP contribution in [0.1, 0.15) is 0 Å². The second-order valence-electron chi connectivity index (χ2n) is 5.21. The van der Waals surface area contributed by atoms with Gasteiger partial charge in [-0.3, -0.25) is 0 Å². The number of ether oxygens (including phenoxy) is 1. The van der Waals surface area contributed by atoms with Crippen LogP contribution in [-0.4, -0.2) is 41.6 Å². The fourth-order valence-corrected chi connectivity index (χ4v) is 3.68. The Balaban J connectivity index is 1.69. The van der Waals surface area contributed by atoms with Gasteiger partial charge in [0.25, 0.3) is 0 Å². The van der Waals surface area contributed by atoms with Gasteiger partial charge in [-0.1, -0.05) is 11.6 Å². The lowest BCUT2D eigenvalue weighted by molar-refractivity contribution is 0.414. The van der Waals surface area contributed by atoms with Gasteiger partial charge in [-0.15, -0.1) is 0 Å². The van der Waals surface area contributed by atoms with Gasteiger partial charge in [-0.2, -0.15) is 0 Å². The minimum atomic E-state index is -3.69. The number of rotatable bonds is 7. The van der Waals surface area contributed by atoms with Crippen molar-refractivity contribution < 1.29 is 13.2 Å². The average molecular weight is 394 g/mol. The van der Waals surface area contributed by atoms with E-state index in [2.05, 4.69) is 19.7 Å². The average Bonchev–Trinajstić information content (AvgIpc) is 3.10. The number of nitrogens with one attached hydrogen (secondary N) is 1. The summed E-state index contributed by atoms with van der Waals surface area (Å²) in [5.41, 5.74) is 0. The molecule has 2 aromatic heterocycles. The molecule has 0 saturated carbocycles. The van der Waals surface area contributed by atoms with Crippen molar-refractivity contribution in [3.05, 3.63) is 54.1 Å². The van der Waals surface area contributed by atoms with Crippen LogP contribution in [0, 0.1) is 0 Å². The standard InChI is InChI=1S/C16H16ClN5O3S/c1-25-14-4-3-12(11-13(14)17)26(23,24)21-8-10-22-9-7-20-16(22)15-18-5-2-6-19-15/h2-7,9,11,21H,8,10H2,1H3. The first-order valence-corrected chi connectivity index (χ1v) is 9.49. The molecule has 0 bridgehead atoms. The number of hydrogen-bond donors (Lipinski definition) is 1. The molecule has 0 unspecified atom stereocenters. The molecule has 3 aromatic rings. The van der Waals surface area contributed by atoms with E-state index in [1.807, 2.05) is 0 Å². The summed E-state index contributed by atoms with van der Waals surface area (Å²) in [5.74, 6) is 1.45. The minimum absolute atomic E-state index is 0.0700. The van der Waals surface area contributed by atoms with Crippen LogP contribution in [0.15, 0.2) is 53.9 Å². The summed E-state index contributed by atoms with van der Waals surface area (Å²) in [6.45, 7) is 0.541. The molecule has 0 aliphatic rings. The Morgan fingerprint density at radius 2 is 1.96 bits per heavy atom. The largest absolute Gasteiger partial charge is 0.495 e. The number of nitrogens with zero attached hydrogens (tertiary/aromatic N) is 4. The summed E-state index contributed by atoms with van der Waals surface area (Å²) in [6.07, 6.45) is 6.60. The van der Waals surface area contributed by atoms with Crippen molar-refractivity contribution in [1.82, 2.24) is 24.2 Å². The zero-order valence-electron chi connectivity index (χ0n) is 13.8. The number of benzene rings is 1. The molecule has 8 nitrogen and oxygen atoms in total. The van der Waals surface area contributed by atoms with Gasteiger partial charge in [0.05, 0.1) is 17.0 Å². The van der Waals surface area contributed by atoms with Crippen molar-refractivity contribution in [3.8, 4) is 17.4 Å². The number of halogens is 1. The zero-order valence-corrected chi connectivity index (χ0v) is 15.4. The van der Waals surface area contributed by atoms with Crippen molar-refractivity contribution in [2.75, 3.05) is 13.7 Å². The van der Waals surface area contributed by atoms with Crippen LogP contribution >= 0.6 is 11.6 Å². The Morgan fingerprint density at radius 1 is 1.19 bits per heavy atom. The van der Waals surface area contributed by atoms with Crippen LogP contribution < -0.4 is 9.46 Å². The number of hydrogen-bond acceptors (Lipinski definition) is 6. The van der Waals surface area contributed by atoms with E-state index < -0.39 is 10.0 Å². The van der Waals surface area contributed by atoms with Gasteiger partial charge >= 0.3 is 0 Å². The maximum absolute atomic E-state index is 12.4. The Hall–Kier alpha value is -2.49. The van der Waals surface area contributed by atoms with E-state index in [0.29, 0.717) is 23.9 Å². The fraction of sp³-hybridized carbons (Fsp3) is 0.188. The maximum Gasteiger partial charge on any atom is 0.240 e. The molecule has 0 saturated heterocycles. The molecule has 10 heteroatoms. The SMILES string of the molecule is COc1ccc(S(=O)(=O)NCCn2ccnc2-c2ncccn2)cc1Cl. The lowest BCUT2D eigenvalue weighted by atomic mass is 10.3. The molecule has 2 heterocycles. The molecule has 0 fully saturated rings. The first-order valence-electron chi connectivity index (χ1n) is 7.63. The number of sulfonamides is 1. The third-order valence-electron chi connectivity index (χ3n) is 3.56. The predicted octanol–water partition coefficient (Wildman–Crippen LogP) is 1.98. The van der Waals surface area contributed by atoms with Gasteiger partial charge in [0.15, 0.2) is 11.6 Å². The molecule has 136 valence electrons. The summed E-state index contributed by atoms with van der Waals surface area (Å²) >= 11 is 6.00. The van der Waals surface area contributed by atoms with Gasteiger partial charge in [-0.05, 0) is 24.3 Å². The van der Waals surface area contributed by atoms with E-state index in [-0.39, 0.29) is 16.5 Å². The van der Waals surface area contributed by atoms with Crippen molar-refractivity contribution >= 4 is 21.6 Å². The predicted molar refractivity (Wildman–Crippen MR) is 96.4 cm³/mol. The first-order chi connectivity index (χ1) is 12.5. The molecule has 1 aromatic carbocycles. The fourth-order valence-electron chi connectivity index (χ4n) is 2.31. The highest BCUT2D eigenvalue weighted by atomic mass is 35.5. The first kappa shape index (κ1) is 18.3. The molecule has 0 atom stereocenters. The van der Waals surface area contributed by atoms with E-state index >= 15 is 0 Å². The summed E-state index contributed by atoms with van der Waals surface area (Å²) in [4.78, 5) is 12.6. The minimum Gasteiger partial charge on any atom is -0.495 e. The van der Waals surface area contributed by atoms with Gasteiger partial charge in [-0.25, -0.2) is 28.1 Å². The highest BCUT2D eigenvalue weighted by molar-refractivity contribution is 7.89. The van der Waals surface area contributed by atoms with E-state index in [9.17, 15) is 8.42 Å². The quantitative estimate of drug-likeness (QED) is 0.659. The van der Waals surface area contributed by atoms with Gasteiger partial charge in [0.2, 0.25) is 10.0 Å². The Bertz CT molecular complexity index is 992. The lowest BCUT2D eigenvalue weighted by Crippen LogP contribution is -2.27. The van der Waals surface area contributed by atoms with Crippen LogP contribution in [0.3, 0.4) is 0 Å². The molecular weight excluding hydrogens is 378 g/mol. The summed E-state index contributed by atoms with van der Waals surface area (Å²) in [6, 6.07) is 6.01. The van der Waals surface area contributed by atoms with Crippen LogP contribution in [0.5, 0.6) is 5.75 Å². The Morgan fingerprint density at radius 3 is 2.65 bits per heavy atom.